The number of aryl methyl sites for hydroxylation is 1. The summed E-state index contributed by atoms with van der Waals surface area (Å²) in [5.74, 6) is 1.82. The molecular weight excluding hydrogens is 348 g/mol. The van der Waals surface area contributed by atoms with Crippen molar-refractivity contribution in [3.05, 3.63) is 46.1 Å². The first-order chi connectivity index (χ1) is 12.5. The minimum atomic E-state index is -0.0563. The average Bonchev–Trinajstić information content (AvgIpc) is 2.65. The molecule has 2 heterocycles. The summed E-state index contributed by atoms with van der Waals surface area (Å²) in [6.07, 6.45) is 1.80. The highest BCUT2D eigenvalue weighted by molar-refractivity contribution is 6.30. The van der Waals surface area contributed by atoms with Crippen LogP contribution in [0.1, 0.15) is 37.6 Å². The van der Waals surface area contributed by atoms with E-state index in [0.717, 1.165) is 42.5 Å². The van der Waals surface area contributed by atoms with Crippen molar-refractivity contribution in [1.82, 2.24) is 9.97 Å². The third-order valence-corrected chi connectivity index (χ3v) is 5.18. The number of rotatable bonds is 6. The van der Waals surface area contributed by atoms with E-state index in [1.54, 1.807) is 0 Å². The summed E-state index contributed by atoms with van der Waals surface area (Å²) in [5, 5.41) is 13.7. The predicted molar refractivity (Wildman–Crippen MR) is 107 cm³/mol. The molecule has 1 aliphatic rings. The summed E-state index contributed by atoms with van der Waals surface area (Å²) in [4.78, 5) is 11.6. The molecule has 1 aromatic heterocycles. The molecule has 2 N–H and O–H groups in total. The molecule has 0 bridgehead atoms. The number of nitrogens with one attached hydrogen (secondary N) is 1. The van der Waals surface area contributed by atoms with Crippen molar-refractivity contribution < 1.29 is 5.11 Å². The molecule has 0 fully saturated rings. The number of halogens is 1. The normalized spacial score (nSPS) is 15.1. The summed E-state index contributed by atoms with van der Waals surface area (Å²) in [6, 6.07) is 8.12. The van der Waals surface area contributed by atoms with Crippen LogP contribution in [0.15, 0.2) is 24.3 Å². The van der Waals surface area contributed by atoms with E-state index in [9.17, 15) is 5.11 Å². The van der Waals surface area contributed by atoms with Gasteiger partial charge in [0.15, 0.2) is 0 Å². The van der Waals surface area contributed by atoms with Gasteiger partial charge in [-0.1, -0.05) is 38.4 Å². The molecule has 0 spiro atoms. The second kappa shape index (κ2) is 8.23. The molecule has 140 valence electrons. The van der Waals surface area contributed by atoms with E-state index >= 15 is 0 Å². The van der Waals surface area contributed by atoms with Gasteiger partial charge in [-0.3, -0.25) is 0 Å². The lowest BCUT2D eigenvalue weighted by Gasteiger charge is -2.30. The summed E-state index contributed by atoms with van der Waals surface area (Å²) in [5.41, 5.74) is 3.61. The van der Waals surface area contributed by atoms with Crippen molar-refractivity contribution in [3.8, 4) is 0 Å². The highest BCUT2D eigenvalue weighted by atomic mass is 35.5. The standard InChI is InChI=1S/C20H27ClN4O/c1-4-17-10-19(24-20(22-17)23-18(12-26)13(2)3)25-8-7-14-9-16(21)6-5-15(14)11-25/h5-6,9-10,13,18,26H,4,7-8,11-12H2,1-3H3,(H,22,23,24)/t18-/m1/s1. The van der Waals surface area contributed by atoms with Gasteiger partial charge < -0.3 is 15.3 Å². The molecule has 1 aromatic carbocycles. The summed E-state index contributed by atoms with van der Waals surface area (Å²) in [6.45, 7) is 8.02. The lowest BCUT2D eigenvalue weighted by molar-refractivity contribution is 0.248. The second-order valence-electron chi connectivity index (χ2n) is 7.16. The fraction of sp³-hybridized carbons (Fsp3) is 0.500. The highest BCUT2D eigenvalue weighted by Gasteiger charge is 2.20. The number of benzene rings is 1. The van der Waals surface area contributed by atoms with E-state index in [0.29, 0.717) is 11.9 Å². The Morgan fingerprint density at radius 3 is 2.73 bits per heavy atom. The Bertz CT molecular complexity index is 765. The van der Waals surface area contributed by atoms with Crippen LogP contribution in [-0.2, 0) is 19.4 Å². The van der Waals surface area contributed by atoms with Crippen LogP contribution in [0.25, 0.3) is 0 Å². The van der Waals surface area contributed by atoms with Crippen molar-refractivity contribution in [2.75, 3.05) is 23.4 Å². The zero-order valence-corrected chi connectivity index (χ0v) is 16.4. The van der Waals surface area contributed by atoms with Crippen LogP contribution in [0, 0.1) is 5.92 Å². The number of aromatic nitrogens is 2. The van der Waals surface area contributed by atoms with Crippen molar-refractivity contribution in [2.45, 2.75) is 46.2 Å². The number of anilines is 2. The van der Waals surface area contributed by atoms with Gasteiger partial charge in [-0.15, -0.1) is 0 Å². The first-order valence-electron chi connectivity index (χ1n) is 9.27. The number of fused-ring (bicyclic) bond motifs is 1. The number of hydrogen-bond acceptors (Lipinski definition) is 5. The maximum atomic E-state index is 9.59. The van der Waals surface area contributed by atoms with Gasteiger partial charge in [0, 0.05) is 29.9 Å². The molecule has 3 rings (SSSR count). The van der Waals surface area contributed by atoms with Gasteiger partial charge in [0.1, 0.15) is 5.82 Å². The van der Waals surface area contributed by atoms with Crippen molar-refractivity contribution in [1.29, 1.82) is 0 Å². The first kappa shape index (κ1) is 18.9. The van der Waals surface area contributed by atoms with Gasteiger partial charge in [-0.2, -0.15) is 4.98 Å². The predicted octanol–water partition coefficient (Wildman–Crippen LogP) is 3.68. The third-order valence-electron chi connectivity index (χ3n) is 4.95. The van der Waals surface area contributed by atoms with Gasteiger partial charge in [0.05, 0.1) is 12.6 Å². The quantitative estimate of drug-likeness (QED) is 0.807. The summed E-state index contributed by atoms with van der Waals surface area (Å²) in [7, 11) is 0. The van der Waals surface area contributed by atoms with Crippen LogP contribution < -0.4 is 10.2 Å². The van der Waals surface area contributed by atoms with Crippen molar-refractivity contribution >= 4 is 23.4 Å². The Hall–Kier alpha value is -1.85. The molecule has 0 unspecified atom stereocenters. The van der Waals surface area contributed by atoms with E-state index in [4.69, 9.17) is 16.6 Å². The van der Waals surface area contributed by atoms with Crippen LogP contribution in [-0.4, -0.2) is 34.3 Å². The first-order valence-corrected chi connectivity index (χ1v) is 9.65. The molecule has 5 nitrogen and oxygen atoms in total. The molecule has 6 heteroatoms. The Labute approximate surface area is 160 Å². The lowest BCUT2D eigenvalue weighted by Crippen LogP contribution is -2.33. The zero-order chi connectivity index (χ0) is 18.7. The monoisotopic (exact) mass is 374 g/mol. The van der Waals surface area contributed by atoms with Gasteiger partial charge in [-0.25, -0.2) is 4.98 Å². The van der Waals surface area contributed by atoms with Gasteiger partial charge in [-0.05, 0) is 42.0 Å². The van der Waals surface area contributed by atoms with Gasteiger partial charge >= 0.3 is 0 Å². The number of aliphatic hydroxyl groups excluding tert-OH is 1. The van der Waals surface area contributed by atoms with Crippen molar-refractivity contribution in [2.24, 2.45) is 5.92 Å². The summed E-state index contributed by atoms with van der Waals surface area (Å²) < 4.78 is 0. The molecule has 0 aliphatic carbocycles. The van der Waals surface area contributed by atoms with Crippen LogP contribution in [0.2, 0.25) is 5.02 Å². The van der Waals surface area contributed by atoms with Crippen LogP contribution in [0.4, 0.5) is 11.8 Å². The molecule has 26 heavy (non-hydrogen) atoms. The van der Waals surface area contributed by atoms with Crippen molar-refractivity contribution in [3.63, 3.8) is 0 Å². The van der Waals surface area contributed by atoms with E-state index in [1.807, 2.05) is 6.07 Å². The van der Waals surface area contributed by atoms with Gasteiger partial charge in [0.25, 0.3) is 0 Å². The molecule has 2 aromatic rings. The Balaban J connectivity index is 1.85. The number of aliphatic hydroxyl groups is 1. The topological polar surface area (TPSA) is 61.3 Å². The van der Waals surface area contributed by atoms with Crippen LogP contribution in [0.5, 0.6) is 0 Å². The van der Waals surface area contributed by atoms with E-state index < -0.39 is 0 Å². The molecule has 0 radical (unpaired) electrons. The average molecular weight is 375 g/mol. The minimum absolute atomic E-state index is 0.0563. The van der Waals surface area contributed by atoms with E-state index in [1.165, 1.54) is 11.1 Å². The zero-order valence-electron chi connectivity index (χ0n) is 15.7. The maximum Gasteiger partial charge on any atom is 0.225 e. The SMILES string of the molecule is CCc1cc(N2CCc3cc(Cl)ccc3C2)nc(N[C@H](CO)C(C)C)n1. The molecule has 0 saturated carbocycles. The third kappa shape index (κ3) is 4.27. The van der Waals surface area contributed by atoms with Gasteiger partial charge in [0.2, 0.25) is 5.95 Å². The van der Waals surface area contributed by atoms with E-state index in [-0.39, 0.29) is 12.6 Å². The molecule has 0 saturated heterocycles. The van der Waals surface area contributed by atoms with Crippen LogP contribution in [0.3, 0.4) is 0 Å². The number of hydrogen-bond donors (Lipinski definition) is 2. The Kier molecular flexibility index (Phi) is 5.99. The van der Waals surface area contributed by atoms with Crippen LogP contribution >= 0.6 is 11.6 Å². The molecule has 1 aliphatic heterocycles. The minimum Gasteiger partial charge on any atom is -0.394 e. The second-order valence-corrected chi connectivity index (χ2v) is 7.59. The summed E-state index contributed by atoms with van der Waals surface area (Å²) >= 11 is 6.12. The maximum absolute atomic E-state index is 9.59. The Morgan fingerprint density at radius 1 is 1.23 bits per heavy atom. The Morgan fingerprint density at radius 2 is 2.04 bits per heavy atom. The number of nitrogens with zero attached hydrogens (tertiary/aromatic N) is 3. The molecule has 0 amide bonds. The molecular formula is C20H27ClN4O. The fourth-order valence-corrected chi connectivity index (χ4v) is 3.39. The lowest BCUT2D eigenvalue weighted by atomic mass is 10.00. The van der Waals surface area contributed by atoms with E-state index in [2.05, 4.69) is 54.2 Å². The largest absolute Gasteiger partial charge is 0.394 e. The highest BCUT2D eigenvalue weighted by Crippen LogP contribution is 2.26. The fourth-order valence-electron chi connectivity index (χ4n) is 3.20. The molecule has 1 atom stereocenters. The smallest absolute Gasteiger partial charge is 0.225 e.